The standard InChI is InChI=1S/C25H22FNO4S.C2H6/c1-17-19(16-31-23-11-9-22(28)10-12-23)15-25(27(17)21-7-5-20(26)6-8-21)18-3-13-24(14-4-18)32(2,29)30;1-2/h3-15,28H,16H2,1-2H3;1-2H3. The number of sulfone groups is 1. The number of hydrogen-bond acceptors (Lipinski definition) is 4. The molecule has 0 aliphatic carbocycles. The van der Waals surface area contributed by atoms with Gasteiger partial charge in [0.2, 0.25) is 0 Å². The van der Waals surface area contributed by atoms with Crippen LogP contribution in [0.4, 0.5) is 4.39 Å². The summed E-state index contributed by atoms with van der Waals surface area (Å²) in [7, 11) is -3.30. The van der Waals surface area contributed by atoms with E-state index >= 15 is 0 Å². The molecule has 0 radical (unpaired) electrons. The van der Waals surface area contributed by atoms with Crippen molar-refractivity contribution in [3.05, 3.63) is 95.9 Å². The third kappa shape index (κ3) is 5.66. The summed E-state index contributed by atoms with van der Waals surface area (Å²) < 4.78 is 45.1. The van der Waals surface area contributed by atoms with Crippen molar-refractivity contribution in [3.63, 3.8) is 0 Å². The summed E-state index contributed by atoms with van der Waals surface area (Å²) in [5, 5.41) is 9.44. The van der Waals surface area contributed by atoms with E-state index in [1.807, 2.05) is 31.4 Å². The molecule has 0 amide bonds. The van der Waals surface area contributed by atoms with E-state index in [-0.39, 0.29) is 16.5 Å². The number of phenols is 1. The Morgan fingerprint density at radius 2 is 1.50 bits per heavy atom. The van der Waals surface area contributed by atoms with Crippen LogP contribution in [0.5, 0.6) is 11.5 Å². The Balaban J connectivity index is 0.00000158. The number of phenolic OH excluding ortho intramolecular Hbond substituents is 1. The van der Waals surface area contributed by atoms with Gasteiger partial charge in [0.15, 0.2) is 9.84 Å². The van der Waals surface area contributed by atoms with Gasteiger partial charge >= 0.3 is 0 Å². The lowest BCUT2D eigenvalue weighted by molar-refractivity contribution is 0.305. The molecule has 0 bridgehead atoms. The minimum atomic E-state index is -3.30. The van der Waals surface area contributed by atoms with E-state index in [0.29, 0.717) is 12.4 Å². The first kappa shape index (κ1) is 25.1. The van der Waals surface area contributed by atoms with Gasteiger partial charge in [-0.1, -0.05) is 26.0 Å². The maximum Gasteiger partial charge on any atom is 0.175 e. The van der Waals surface area contributed by atoms with Crippen LogP contribution in [-0.2, 0) is 16.4 Å². The van der Waals surface area contributed by atoms with E-state index in [4.69, 9.17) is 4.74 Å². The second-order valence-corrected chi connectivity index (χ2v) is 9.55. The first-order valence-electron chi connectivity index (χ1n) is 10.9. The number of rotatable bonds is 6. The zero-order valence-corrected chi connectivity index (χ0v) is 20.4. The summed E-state index contributed by atoms with van der Waals surface area (Å²) in [5.74, 6) is 0.458. The number of halogens is 1. The van der Waals surface area contributed by atoms with E-state index in [1.54, 1.807) is 60.7 Å². The summed E-state index contributed by atoms with van der Waals surface area (Å²) in [4.78, 5) is 0.244. The van der Waals surface area contributed by atoms with Gasteiger partial charge in [0, 0.05) is 23.2 Å². The van der Waals surface area contributed by atoms with Crippen LogP contribution in [-0.4, -0.2) is 24.3 Å². The molecule has 0 unspecified atom stereocenters. The molecule has 0 aliphatic rings. The lowest BCUT2D eigenvalue weighted by Crippen LogP contribution is -2.02. The topological polar surface area (TPSA) is 68.5 Å². The van der Waals surface area contributed by atoms with Gasteiger partial charge in [-0.15, -0.1) is 0 Å². The Bertz CT molecular complexity index is 1340. The van der Waals surface area contributed by atoms with Crippen LogP contribution in [0.2, 0.25) is 0 Å². The fourth-order valence-electron chi connectivity index (χ4n) is 3.52. The third-order valence-corrected chi connectivity index (χ3v) is 6.37. The van der Waals surface area contributed by atoms with Crippen LogP contribution >= 0.6 is 0 Å². The van der Waals surface area contributed by atoms with Gasteiger partial charge in [-0.05, 0) is 79.2 Å². The molecule has 0 saturated heterocycles. The maximum atomic E-state index is 13.5. The highest BCUT2D eigenvalue weighted by atomic mass is 32.2. The molecule has 3 aromatic carbocycles. The van der Waals surface area contributed by atoms with Crippen molar-refractivity contribution in [1.82, 2.24) is 4.57 Å². The summed E-state index contributed by atoms with van der Waals surface area (Å²) in [6.45, 7) is 6.24. The minimum absolute atomic E-state index is 0.163. The number of hydrogen-bond donors (Lipinski definition) is 1. The summed E-state index contributed by atoms with van der Waals surface area (Å²) in [6, 6.07) is 21.3. The van der Waals surface area contributed by atoms with E-state index in [0.717, 1.165) is 28.2 Å². The third-order valence-electron chi connectivity index (χ3n) is 5.25. The van der Waals surface area contributed by atoms with Crippen molar-refractivity contribution < 1.29 is 22.7 Å². The van der Waals surface area contributed by atoms with Crippen LogP contribution in [0.3, 0.4) is 0 Å². The summed E-state index contributed by atoms with van der Waals surface area (Å²) >= 11 is 0. The number of nitrogens with zero attached hydrogens (tertiary/aromatic N) is 1. The Morgan fingerprint density at radius 3 is 2.06 bits per heavy atom. The van der Waals surface area contributed by atoms with Gasteiger partial charge in [0.1, 0.15) is 23.9 Å². The van der Waals surface area contributed by atoms with Gasteiger partial charge in [0.25, 0.3) is 0 Å². The Kier molecular flexibility index (Phi) is 7.79. The smallest absolute Gasteiger partial charge is 0.175 e. The fraction of sp³-hybridized carbons (Fsp3) is 0.185. The molecule has 0 atom stereocenters. The second kappa shape index (κ2) is 10.6. The van der Waals surface area contributed by atoms with E-state index in [9.17, 15) is 17.9 Å². The van der Waals surface area contributed by atoms with Crippen LogP contribution < -0.4 is 4.74 Å². The highest BCUT2D eigenvalue weighted by Gasteiger charge is 2.17. The zero-order chi connectivity index (χ0) is 24.9. The molecular formula is C27H28FNO4S. The first-order chi connectivity index (χ1) is 16.2. The van der Waals surface area contributed by atoms with Crippen molar-refractivity contribution in [1.29, 1.82) is 0 Å². The Morgan fingerprint density at radius 1 is 0.912 bits per heavy atom. The average Bonchev–Trinajstić information content (AvgIpc) is 3.16. The van der Waals surface area contributed by atoms with E-state index in [2.05, 4.69) is 0 Å². The summed E-state index contributed by atoms with van der Waals surface area (Å²) in [6.07, 6.45) is 1.17. The molecule has 0 spiro atoms. The molecule has 34 heavy (non-hydrogen) atoms. The molecule has 178 valence electrons. The zero-order valence-electron chi connectivity index (χ0n) is 19.6. The number of benzene rings is 3. The number of ether oxygens (including phenoxy) is 1. The monoisotopic (exact) mass is 481 g/mol. The van der Waals surface area contributed by atoms with E-state index in [1.165, 1.54) is 18.4 Å². The Hall–Kier alpha value is -3.58. The SMILES string of the molecule is CC.Cc1c(COc2ccc(O)cc2)cc(-c2ccc(S(C)(=O)=O)cc2)n1-c1ccc(F)cc1. The lowest BCUT2D eigenvalue weighted by Gasteiger charge is -2.13. The van der Waals surface area contributed by atoms with Gasteiger partial charge in [-0.3, -0.25) is 0 Å². The fourth-order valence-corrected chi connectivity index (χ4v) is 4.15. The maximum absolute atomic E-state index is 13.5. The average molecular weight is 482 g/mol. The minimum Gasteiger partial charge on any atom is -0.508 e. The molecule has 1 heterocycles. The van der Waals surface area contributed by atoms with Crippen LogP contribution in [0.1, 0.15) is 25.1 Å². The molecule has 1 aromatic heterocycles. The molecule has 0 saturated carbocycles. The highest BCUT2D eigenvalue weighted by molar-refractivity contribution is 7.90. The molecule has 5 nitrogen and oxygen atoms in total. The van der Waals surface area contributed by atoms with Crippen LogP contribution in [0, 0.1) is 12.7 Å². The molecule has 4 aromatic rings. The van der Waals surface area contributed by atoms with Crippen LogP contribution in [0.15, 0.2) is 83.8 Å². The second-order valence-electron chi connectivity index (χ2n) is 7.53. The van der Waals surface area contributed by atoms with Crippen molar-refractivity contribution in [2.75, 3.05) is 6.26 Å². The van der Waals surface area contributed by atoms with Gasteiger partial charge < -0.3 is 14.4 Å². The molecule has 1 N–H and O–H groups in total. The van der Waals surface area contributed by atoms with Crippen molar-refractivity contribution in [3.8, 4) is 28.4 Å². The van der Waals surface area contributed by atoms with Crippen molar-refractivity contribution in [2.45, 2.75) is 32.3 Å². The Labute approximate surface area is 200 Å². The largest absolute Gasteiger partial charge is 0.508 e. The molecular weight excluding hydrogens is 453 g/mol. The summed E-state index contributed by atoms with van der Waals surface area (Å²) in [5.41, 5.74) is 4.27. The lowest BCUT2D eigenvalue weighted by atomic mass is 10.1. The molecule has 4 rings (SSSR count). The predicted molar refractivity (Wildman–Crippen MR) is 133 cm³/mol. The van der Waals surface area contributed by atoms with Gasteiger partial charge in [-0.2, -0.15) is 0 Å². The van der Waals surface area contributed by atoms with Crippen LogP contribution in [0.25, 0.3) is 16.9 Å². The predicted octanol–water partition coefficient (Wildman–Crippen LogP) is 6.31. The van der Waals surface area contributed by atoms with Crippen molar-refractivity contribution in [2.24, 2.45) is 0 Å². The highest BCUT2D eigenvalue weighted by Crippen LogP contribution is 2.31. The number of aromatic nitrogens is 1. The van der Waals surface area contributed by atoms with Gasteiger partial charge in [-0.25, -0.2) is 12.8 Å². The normalized spacial score (nSPS) is 11.0. The molecule has 7 heteroatoms. The van der Waals surface area contributed by atoms with Gasteiger partial charge in [0.05, 0.1) is 10.6 Å². The van der Waals surface area contributed by atoms with Crippen molar-refractivity contribution >= 4 is 9.84 Å². The quantitative estimate of drug-likeness (QED) is 0.351. The number of aromatic hydroxyl groups is 1. The van der Waals surface area contributed by atoms with E-state index < -0.39 is 9.84 Å². The first-order valence-corrected chi connectivity index (χ1v) is 12.8. The molecule has 0 aliphatic heterocycles. The molecule has 0 fully saturated rings.